The minimum Gasteiger partial charge on any atom is -0.462 e. The lowest BCUT2D eigenvalue weighted by Crippen LogP contribution is -2.38. The van der Waals surface area contributed by atoms with Gasteiger partial charge in [0.15, 0.2) is 8.45 Å². The number of esters is 1. The highest BCUT2D eigenvalue weighted by Gasteiger charge is 2.51. The van der Waals surface area contributed by atoms with Gasteiger partial charge in [0.05, 0.1) is 19.1 Å². The fourth-order valence-electron chi connectivity index (χ4n) is 2.66. The van der Waals surface area contributed by atoms with Gasteiger partial charge in [-0.2, -0.15) is 0 Å². The fourth-order valence-corrected chi connectivity index (χ4v) is 3.94. The van der Waals surface area contributed by atoms with Crippen molar-refractivity contribution in [2.24, 2.45) is 0 Å². The number of H-pyrrole nitrogens is 1. The van der Waals surface area contributed by atoms with Crippen molar-refractivity contribution in [3.8, 4) is 0 Å². The second-order valence-electron chi connectivity index (χ2n) is 7.00. The second-order valence-corrected chi connectivity index (χ2v) is 8.42. The molecule has 2 heterocycles. The number of carbonyl (C=O) groups excluding carboxylic acids is 1. The maximum absolute atomic E-state index is 14.4. The van der Waals surface area contributed by atoms with Crippen LogP contribution >= 0.6 is 8.45 Å². The second kappa shape index (κ2) is 10.5. The highest BCUT2D eigenvalue weighted by molar-refractivity contribution is 7.48. The summed E-state index contributed by atoms with van der Waals surface area (Å²) in [5, 5.41) is 5.85. The van der Waals surface area contributed by atoms with Crippen molar-refractivity contribution >= 4 is 14.4 Å². The number of aromatic nitrogens is 2. The average Bonchev–Trinajstić information content (AvgIpc) is 2.93. The van der Waals surface area contributed by atoms with E-state index in [-0.39, 0.29) is 6.10 Å². The molecule has 170 valence electrons. The Balaban J connectivity index is 1.99. The maximum Gasteiger partial charge on any atom is 0.330 e. The van der Waals surface area contributed by atoms with E-state index in [1.807, 2.05) is 4.98 Å². The standard InChI is InChI=1S/C17H27F2N4O6P/c1-5-20-30(22-11(4)15(25)28-10(2)3)27-9-12-17(18,19)8-14(29-12)23-7-6-13(24)21-16(23)26/h6-7,10-12,14,20,22H,5,8-9H2,1-4H3,(H,21,24,26). The number of hydrogen-bond acceptors (Lipinski definition) is 8. The smallest absolute Gasteiger partial charge is 0.330 e. The van der Waals surface area contributed by atoms with Crippen LogP contribution in [0.25, 0.3) is 0 Å². The number of alkyl halides is 2. The molecule has 1 saturated heterocycles. The number of nitrogens with zero attached hydrogens (tertiary/aromatic N) is 1. The van der Waals surface area contributed by atoms with Crippen LogP contribution in [0.1, 0.15) is 40.3 Å². The minimum atomic E-state index is -3.25. The largest absolute Gasteiger partial charge is 0.462 e. The van der Waals surface area contributed by atoms with Crippen molar-refractivity contribution in [2.45, 2.75) is 64.5 Å². The van der Waals surface area contributed by atoms with E-state index >= 15 is 0 Å². The van der Waals surface area contributed by atoms with E-state index in [4.69, 9.17) is 14.0 Å². The summed E-state index contributed by atoms with van der Waals surface area (Å²) in [6, 6.07) is 0.341. The van der Waals surface area contributed by atoms with Crippen LogP contribution < -0.4 is 21.4 Å². The van der Waals surface area contributed by atoms with Crippen molar-refractivity contribution in [1.29, 1.82) is 0 Å². The Morgan fingerprint density at radius 3 is 2.73 bits per heavy atom. The van der Waals surface area contributed by atoms with Crippen molar-refractivity contribution in [3.05, 3.63) is 33.1 Å². The SMILES string of the molecule is CCNP(NC(C)C(=O)OC(C)C)OCC1OC(n2ccc(=O)[nH]c2=O)CC1(F)F. The monoisotopic (exact) mass is 452 g/mol. The van der Waals surface area contributed by atoms with Gasteiger partial charge >= 0.3 is 11.7 Å². The molecule has 0 spiro atoms. The molecule has 1 aliphatic rings. The minimum absolute atomic E-state index is 0.285. The topological polar surface area (TPSA) is 124 Å². The summed E-state index contributed by atoms with van der Waals surface area (Å²) in [5.41, 5.74) is -1.47. The Hall–Kier alpha value is -1.72. The molecule has 13 heteroatoms. The van der Waals surface area contributed by atoms with E-state index in [1.54, 1.807) is 27.7 Å². The molecule has 1 aromatic heterocycles. The Labute approximate surface area is 173 Å². The molecule has 0 aromatic carbocycles. The van der Waals surface area contributed by atoms with Crippen LogP contribution in [-0.2, 0) is 18.8 Å². The fraction of sp³-hybridized carbons (Fsp3) is 0.706. The summed E-state index contributed by atoms with van der Waals surface area (Å²) in [5.74, 6) is -3.74. The molecule has 1 fully saturated rings. The van der Waals surface area contributed by atoms with Crippen molar-refractivity contribution < 1.29 is 27.6 Å². The van der Waals surface area contributed by atoms with E-state index in [0.717, 1.165) is 16.8 Å². The van der Waals surface area contributed by atoms with E-state index in [1.165, 1.54) is 0 Å². The normalized spacial score (nSPS) is 22.8. The zero-order chi connectivity index (χ0) is 22.5. The van der Waals surface area contributed by atoms with Gasteiger partial charge in [0.2, 0.25) is 0 Å². The third kappa shape index (κ3) is 6.64. The molecule has 0 bridgehead atoms. The van der Waals surface area contributed by atoms with Crippen LogP contribution in [0.4, 0.5) is 8.78 Å². The molecule has 4 atom stereocenters. The highest BCUT2D eigenvalue weighted by atomic mass is 31.2. The summed E-state index contributed by atoms with van der Waals surface area (Å²) in [6.45, 7) is 6.83. The molecule has 0 amide bonds. The average molecular weight is 452 g/mol. The van der Waals surface area contributed by atoms with E-state index in [9.17, 15) is 23.2 Å². The molecular formula is C17H27F2N4O6P. The lowest BCUT2D eigenvalue weighted by molar-refractivity contribution is -0.149. The van der Waals surface area contributed by atoms with Gasteiger partial charge in [0.25, 0.3) is 11.5 Å². The van der Waals surface area contributed by atoms with Gasteiger partial charge < -0.3 is 14.0 Å². The Kier molecular flexibility index (Phi) is 8.62. The predicted octanol–water partition coefficient (Wildman–Crippen LogP) is 1.24. The van der Waals surface area contributed by atoms with Crippen LogP contribution in [-0.4, -0.2) is 52.8 Å². The summed E-state index contributed by atoms with van der Waals surface area (Å²) in [7, 11) is -1.62. The van der Waals surface area contributed by atoms with Crippen molar-refractivity contribution in [1.82, 2.24) is 19.7 Å². The summed E-state index contributed by atoms with van der Waals surface area (Å²) < 4.78 is 45.8. The summed E-state index contributed by atoms with van der Waals surface area (Å²) in [4.78, 5) is 37.0. The van der Waals surface area contributed by atoms with Gasteiger partial charge in [-0.25, -0.2) is 18.7 Å². The third-order valence-corrected chi connectivity index (χ3v) is 5.71. The number of carbonyl (C=O) groups is 1. The van der Waals surface area contributed by atoms with Gasteiger partial charge in [-0.1, -0.05) is 6.92 Å². The van der Waals surface area contributed by atoms with E-state index in [0.29, 0.717) is 6.54 Å². The summed E-state index contributed by atoms with van der Waals surface area (Å²) in [6.07, 6.45) is -2.76. The van der Waals surface area contributed by atoms with E-state index in [2.05, 4.69) is 10.2 Å². The van der Waals surface area contributed by atoms with Crippen LogP contribution in [0.2, 0.25) is 0 Å². The highest BCUT2D eigenvalue weighted by Crippen LogP contribution is 2.42. The van der Waals surface area contributed by atoms with E-state index < -0.39 is 63.0 Å². The van der Waals surface area contributed by atoms with Crippen LogP contribution in [0.15, 0.2) is 21.9 Å². The molecule has 1 aromatic rings. The Bertz CT molecular complexity index is 833. The number of ether oxygens (including phenoxy) is 2. The first kappa shape index (κ1) is 24.5. The molecule has 30 heavy (non-hydrogen) atoms. The number of halogens is 2. The Morgan fingerprint density at radius 2 is 2.13 bits per heavy atom. The van der Waals surface area contributed by atoms with Crippen LogP contribution in [0.5, 0.6) is 0 Å². The zero-order valence-corrected chi connectivity index (χ0v) is 18.1. The number of rotatable bonds is 10. The van der Waals surface area contributed by atoms with Crippen LogP contribution in [0, 0.1) is 0 Å². The lowest BCUT2D eigenvalue weighted by atomic mass is 10.2. The predicted molar refractivity (Wildman–Crippen MR) is 105 cm³/mol. The number of nitrogens with one attached hydrogen (secondary N) is 3. The Morgan fingerprint density at radius 1 is 1.43 bits per heavy atom. The van der Waals surface area contributed by atoms with Crippen molar-refractivity contribution in [2.75, 3.05) is 13.2 Å². The molecule has 3 N–H and O–H groups in total. The van der Waals surface area contributed by atoms with Gasteiger partial charge in [0.1, 0.15) is 18.4 Å². The maximum atomic E-state index is 14.4. The summed E-state index contributed by atoms with van der Waals surface area (Å²) >= 11 is 0. The quantitative estimate of drug-likeness (QED) is 0.358. The van der Waals surface area contributed by atoms with Gasteiger partial charge in [-0.3, -0.25) is 24.2 Å². The molecule has 0 saturated carbocycles. The lowest BCUT2D eigenvalue weighted by Gasteiger charge is -2.25. The molecule has 4 unspecified atom stereocenters. The first-order valence-corrected chi connectivity index (χ1v) is 10.8. The molecule has 10 nitrogen and oxygen atoms in total. The van der Waals surface area contributed by atoms with Gasteiger partial charge in [-0.05, 0) is 27.3 Å². The zero-order valence-electron chi connectivity index (χ0n) is 17.2. The first-order valence-electron chi connectivity index (χ1n) is 9.51. The number of hydrogen-bond donors (Lipinski definition) is 3. The van der Waals surface area contributed by atoms with Gasteiger partial charge in [0, 0.05) is 12.3 Å². The molecule has 0 aliphatic carbocycles. The third-order valence-electron chi connectivity index (χ3n) is 4.07. The van der Waals surface area contributed by atoms with Gasteiger partial charge in [-0.15, -0.1) is 0 Å². The molecule has 0 radical (unpaired) electrons. The molecular weight excluding hydrogens is 425 g/mol. The molecule has 2 rings (SSSR count). The number of aromatic amines is 1. The van der Waals surface area contributed by atoms with Crippen molar-refractivity contribution in [3.63, 3.8) is 0 Å². The molecule has 1 aliphatic heterocycles. The van der Waals surface area contributed by atoms with Crippen LogP contribution in [0.3, 0.4) is 0 Å². The first-order chi connectivity index (χ1) is 14.0.